The number of nitrogens with zero attached hydrogens (tertiary/aromatic N) is 1. The Kier molecular flexibility index (Phi) is 7.96. The van der Waals surface area contributed by atoms with Gasteiger partial charge in [0.2, 0.25) is 0 Å². The molecule has 1 aliphatic rings. The van der Waals surface area contributed by atoms with E-state index in [4.69, 9.17) is 9.73 Å². The number of aliphatic hydroxyl groups is 1. The van der Waals surface area contributed by atoms with Crippen LogP contribution in [0.5, 0.6) is 5.75 Å². The number of rotatable bonds is 11. The van der Waals surface area contributed by atoms with E-state index in [1.807, 2.05) is 12.1 Å². The molecule has 0 aliphatic heterocycles. The number of ether oxygens (including phenoxy) is 1. The van der Waals surface area contributed by atoms with Crippen molar-refractivity contribution in [2.75, 3.05) is 33.4 Å². The number of guanidine groups is 1. The number of hydrogen-bond acceptors (Lipinski definition) is 3. The van der Waals surface area contributed by atoms with E-state index >= 15 is 0 Å². The molecule has 2 rings (SSSR count). The molecule has 0 unspecified atom stereocenters. The summed E-state index contributed by atoms with van der Waals surface area (Å²) in [6.07, 6.45) is 5.18. The first-order valence-corrected chi connectivity index (χ1v) is 10.3. The van der Waals surface area contributed by atoms with Gasteiger partial charge in [-0.05, 0) is 50.5 Å². The molecule has 1 fully saturated rings. The molecule has 0 aromatic heterocycles. The Bertz CT molecular complexity index is 607. The molecule has 5 nitrogen and oxygen atoms in total. The van der Waals surface area contributed by atoms with Gasteiger partial charge in [-0.2, -0.15) is 0 Å². The van der Waals surface area contributed by atoms with Crippen LogP contribution in [0.15, 0.2) is 29.3 Å². The van der Waals surface area contributed by atoms with E-state index in [9.17, 15) is 5.11 Å². The first kappa shape index (κ1) is 21.5. The largest absolute Gasteiger partial charge is 0.496 e. The molecule has 1 aliphatic carbocycles. The Balaban J connectivity index is 2.08. The van der Waals surface area contributed by atoms with Gasteiger partial charge in [0, 0.05) is 37.2 Å². The minimum atomic E-state index is 0.0804. The molecule has 0 saturated heterocycles. The van der Waals surface area contributed by atoms with Gasteiger partial charge >= 0.3 is 0 Å². The molecule has 0 amide bonds. The Hall–Kier alpha value is -1.75. The number of benzene rings is 1. The van der Waals surface area contributed by atoms with Gasteiger partial charge in [0.15, 0.2) is 5.96 Å². The number of para-hydroxylation sites is 1. The van der Waals surface area contributed by atoms with Crippen LogP contribution in [0.2, 0.25) is 0 Å². The topological polar surface area (TPSA) is 65.9 Å². The molecule has 0 radical (unpaired) electrons. The highest BCUT2D eigenvalue weighted by Crippen LogP contribution is 2.50. The molecule has 5 heteroatoms. The first-order valence-electron chi connectivity index (χ1n) is 10.3. The summed E-state index contributed by atoms with van der Waals surface area (Å²) in [6.45, 7) is 9.11. The SMILES string of the molecule is CCNC(=NCC(CC)(CC)CCO)NCC1(c2ccccc2OC)CC1. The molecule has 0 spiro atoms. The second kappa shape index (κ2) is 9.98. The number of aliphatic hydroxyl groups excluding tert-OH is 1. The monoisotopic (exact) mass is 375 g/mol. The number of hydrogen-bond donors (Lipinski definition) is 3. The van der Waals surface area contributed by atoms with Crippen molar-refractivity contribution in [3.63, 3.8) is 0 Å². The summed E-state index contributed by atoms with van der Waals surface area (Å²) in [4.78, 5) is 4.87. The van der Waals surface area contributed by atoms with Crippen molar-refractivity contribution in [3.8, 4) is 5.75 Å². The van der Waals surface area contributed by atoms with Crippen molar-refractivity contribution in [2.45, 2.75) is 58.3 Å². The van der Waals surface area contributed by atoms with Crippen LogP contribution in [0.3, 0.4) is 0 Å². The summed E-state index contributed by atoms with van der Waals surface area (Å²) in [7, 11) is 1.74. The molecule has 1 aromatic carbocycles. The van der Waals surface area contributed by atoms with E-state index in [-0.39, 0.29) is 17.4 Å². The zero-order valence-electron chi connectivity index (χ0n) is 17.5. The highest BCUT2D eigenvalue weighted by Gasteiger charge is 2.46. The number of aliphatic imine (C=N–C) groups is 1. The summed E-state index contributed by atoms with van der Waals surface area (Å²) >= 11 is 0. The van der Waals surface area contributed by atoms with Gasteiger partial charge < -0.3 is 20.5 Å². The van der Waals surface area contributed by atoms with Gasteiger partial charge in [0.05, 0.1) is 7.11 Å². The predicted molar refractivity (Wildman–Crippen MR) is 113 cm³/mol. The third-order valence-electron chi connectivity index (χ3n) is 6.19. The van der Waals surface area contributed by atoms with Crippen molar-refractivity contribution >= 4 is 5.96 Å². The quantitative estimate of drug-likeness (QED) is 0.409. The molecule has 0 heterocycles. The van der Waals surface area contributed by atoms with Crippen molar-refractivity contribution in [3.05, 3.63) is 29.8 Å². The number of methoxy groups -OCH3 is 1. The lowest BCUT2D eigenvalue weighted by atomic mass is 9.79. The average molecular weight is 376 g/mol. The molecule has 0 atom stereocenters. The van der Waals surface area contributed by atoms with Crippen LogP contribution < -0.4 is 15.4 Å². The van der Waals surface area contributed by atoms with E-state index < -0.39 is 0 Å². The smallest absolute Gasteiger partial charge is 0.191 e. The van der Waals surface area contributed by atoms with E-state index in [0.717, 1.165) is 63.4 Å². The summed E-state index contributed by atoms with van der Waals surface area (Å²) in [5, 5.41) is 16.4. The fourth-order valence-electron chi connectivity index (χ4n) is 3.76. The zero-order valence-corrected chi connectivity index (χ0v) is 17.5. The lowest BCUT2D eigenvalue weighted by Crippen LogP contribution is -2.42. The summed E-state index contributed by atoms with van der Waals surface area (Å²) in [5.41, 5.74) is 1.50. The average Bonchev–Trinajstić information content (AvgIpc) is 3.50. The molecule has 1 saturated carbocycles. The second-order valence-electron chi connectivity index (χ2n) is 7.71. The highest BCUT2D eigenvalue weighted by molar-refractivity contribution is 5.80. The molecular formula is C22H37N3O2. The Morgan fingerprint density at radius 1 is 1.19 bits per heavy atom. The maximum atomic E-state index is 9.43. The van der Waals surface area contributed by atoms with Crippen LogP contribution >= 0.6 is 0 Å². The summed E-state index contributed by atoms with van der Waals surface area (Å²) in [6, 6.07) is 8.33. The first-order chi connectivity index (χ1) is 13.1. The lowest BCUT2D eigenvalue weighted by molar-refractivity contribution is 0.175. The third-order valence-corrected chi connectivity index (χ3v) is 6.19. The van der Waals surface area contributed by atoms with E-state index in [1.54, 1.807) is 7.11 Å². The molecule has 152 valence electrons. The van der Waals surface area contributed by atoms with Gasteiger partial charge in [0.25, 0.3) is 0 Å². The fraction of sp³-hybridized carbons (Fsp3) is 0.682. The summed E-state index contributed by atoms with van der Waals surface area (Å²) in [5.74, 6) is 1.83. The Morgan fingerprint density at radius 3 is 2.44 bits per heavy atom. The van der Waals surface area contributed by atoms with Gasteiger partial charge in [-0.3, -0.25) is 4.99 Å². The minimum absolute atomic E-state index is 0.0804. The van der Waals surface area contributed by atoms with Crippen LogP contribution in [-0.4, -0.2) is 44.4 Å². The Labute approximate surface area is 164 Å². The van der Waals surface area contributed by atoms with Gasteiger partial charge in [-0.15, -0.1) is 0 Å². The normalized spacial score (nSPS) is 16.1. The molecular weight excluding hydrogens is 338 g/mol. The van der Waals surface area contributed by atoms with E-state index in [2.05, 4.69) is 43.5 Å². The van der Waals surface area contributed by atoms with Crippen LogP contribution in [0.4, 0.5) is 0 Å². The maximum absolute atomic E-state index is 9.43. The molecule has 27 heavy (non-hydrogen) atoms. The van der Waals surface area contributed by atoms with Crippen LogP contribution in [-0.2, 0) is 5.41 Å². The van der Waals surface area contributed by atoms with Crippen molar-refractivity contribution in [2.24, 2.45) is 10.4 Å². The molecule has 1 aromatic rings. The highest BCUT2D eigenvalue weighted by atomic mass is 16.5. The minimum Gasteiger partial charge on any atom is -0.496 e. The van der Waals surface area contributed by atoms with E-state index in [0.29, 0.717) is 0 Å². The standard InChI is InChI=1S/C22H37N3O2/c1-5-21(6-2,14-15-26)16-24-20(23-7-3)25-17-22(12-13-22)18-10-8-9-11-19(18)27-4/h8-11,26H,5-7,12-17H2,1-4H3,(H2,23,24,25). The van der Waals surface area contributed by atoms with Crippen LogP contribution in [0.25, 0.3) is 0 Å². The van der Waals surface area contributed by atoms with Gasteiger partial charge in [-0.25, -0.2) is 0 Å². The molecule has 3 N–H and O–H groups in total. The molecule has 0 bridgehead atoms. The van der Waals surface area contributed by atoms with E-state index in [1.165, 1.54) is 5.56 Å². The second-order valence-corrected chi connectivity index (χ2v) is 7.71. The Morgan fingerprint density at radius 2 is 1.89 bits per heavy atom. The lowest BCUT2D eigenvalue weighted by Gasteiger charge is -2.29. The maximum Gasteiger partial charge on any atom is 0.191 e. The van der Waals surface area contributed by atoms with Crippen molar-refractivity contribution in [1.29, 1.82) is 0 Å². The van der Waals surface area contributed by atoms with Crippen molar-refractivity contribution in [1.82, 2.24) is 10.6 Å². The summed E-state index contributed by atoms with van der Waals surface area (Å²) < 4.78 is 5.58. The number of nitrogens with one attached hydrogen (secondary N) is 2. The van der Waals surface area contributed by atoms with Crippen molar-refractivity contribution < 1.29 is 9.84 Å². The zero-order chi connectivity index (χ0) is 19.8. The van der Waals surface area contributed by atoms with Crippen LogP contribution in [0, 0.1) is 5.41 Å². The fourth-order valence-corrected chi connectivity index (χ4v) is 3.76. The van der Waals surface area contributed by atoms with Crippen LogP contribution in [0.1, 0.15) is 58.4 Å². The predicted octanol–water partition coefficient (Wildman–Crippen LogP) is 3.47. The van der Waals surface area contributed by atoms with Gasteiger partial charge in [0.1, 0.15) is 5.75 Å². The third kappa shape index (κ3) is 5.38. The van der Waals surface area contributed by atoms with Gasteiger partial charge in [-0.1, -0.05) is 32.0 Å².